The minimum absolute atomic E-state index is 0.144. The van der Waals surface area contributed by atoms with Crippen molar-refractivity contribution >= 4 is 5.97 Å². The van der Waals surface area contributed by atoms with E-state index in [0.717, 1.165) is 61.2 Å². The van der Waals surface area contributed by atoms with E-state index in [1.807, 2.05) is 0 Å². The van der Waals surface area contributed by atoms with E-state index in [9.17, 15) is 25.2 Å². The predicted octanol–water partition coefficient (Wildman–Crippen LogP) is 5.94. The van der Waals surface area contributed by atoms with Gasteiger partial charge in [0.15, 0.2) is 12.4 Å². The second kappa shape index (κ2) is 12.4. The number of ether oxygens (including phenoxy) is 2. The van der Waals surface area contributed by atoms with Gasteiger partial charge >= 0.3 is 5.97 Å². The zero-order chi connectivity index (χ0) is 30.6. The maximum Gasteiger partial charge on any atom is 0.335 e. The van der Waals surface area contributed by atoms with Gasteiger partial charge in [0.2, 0.25) is 0 Å². The van der Waals surface area contributed by atoms with Crippen LogP contribution < -0.4 is 0 Å². The number of aliphatic hydroxyl groups is 3. The van der Waals surface area contributed by atoms with Crippen LogP contribution in [0.2, 0.25) is 0 Å². The summed E-state index contributed by atoms with van der Waals surface area (Å²) >= 11 is 0. The van der Waals surface area contributed by atoms with Crippen LogP contribution in [0.5, 0.6) is 0 Å². The van der Waals surface area contributed by atoms with Crippen molar-refractivity contribution in [1.29, 1.82) is 0 Å². The Morgan fingerprint density at radius 1 is 1.00 bits per heavy atom. The van der Waals surface area contributed by atoms with Crippen molar-refractivity contribution in [3.63, 3.8) is 0 Å². The zero-order valence-corrected chi connectivity index (χ0v) is 26.9. The maximum absolute atomic E-state index is 11.5. The minimum atomic E-state index is -1.70. The van der Waals surface area contributed by atoms with E-state index in [-0.39, 0.29) is 11.5 Å². The maximum atomic E-state index is 11.5. The summed E-state index contributed by atoms with van der Waals surface area (Å²) in [5.41, 5.74) is 2.03. The standard InChI is InChI=1S/C35H58O7/c1-7-21(19(2)3)9-8-20(4)25-12-13-26-24-11-10-22-18-23(14-16-34(22,5)27(24)15-17-35(25,26)6)41-33-30(38)28(36)29(37)31(42-33)32(39)40/h10,19-21,23-31,33,36-38H,7-9,11-18H2,1-6H3,(H,39,40)/t20-,21-,23+,24+,25-,26+,27+,28?,29+,30?,31+,33-,34+,35-/m1/s1. The third-order valence-corrected chi connectivity index (χ3v) is 13.4. The van der Waals surface area contributed by atoms with Gasteiger partial charge in [-0.15, -0.1) is 0 Å². The molecule has 3 saturated carbocycles. The molecule has 0 bridgehead atoms. The summed E-state index contributed by atoms with van der Waals surface area (Å²) in [7, 11) is 0. The molecule has 2 unspecified atom stereocenters. The molecule has 4 aliphatic carbocycles. The third-order valence-electron chi connectivity index (χ3n) is 13.4. The van der Waals surface area contributed by atoms with E-state index in [2.05, 4.69) is 47.6 Å². The monoisotopic (exact) mass is 590 g/mol. The zero-order valence-electron chi connectivity index (χ0n) is 26.9. The van der Waals surface area contributed by atoms with Gasteiger partial charge in [-0.25, -0.2) is 4.79 Å². The summed E-state index contributed by atoms with van der Waals surface area (Å²) in [4.78, 5) is 11.5. The van der Waals surface area contributed by atoms with Gasteiger partial charge < -0.3 is 29.9 Å². The molecule has 7 heteroatoms. The fourth-order valence-corrected chi connectivity index (χ4v) is 10.8. The molecule has 0 aromatic heterocycles. The second-order valence-corrected chi connectivity index (χ2v) is 15.7. The molecule has 0 radical (unpaired) electrons. The molecule has 42 heavy (non-hydrogen) atoms. The number of carboxylic acid groups (broad SMARTS) is 1. The molecule has 5 aliphatic rings. The molecular formula is C35H58O7. The van der Waals surface area contributed by atoms with Crippen LogP contribution in [-0.4, -0.2) is 63.2 Å². The molecular weight excluding hydrogens is 532 g/mol. The SMILES string of the molecule is CC[C@H](CC[C@@H](C)[C@H]1CC[C@H]2[C@@H]3CC=C4C[C@@H](O[C@@H]5O[C@H](C(=O)O)[C@@H](O)C(O)C5O)CC[C@]4(C)[C@H]3CC[C@]12C)C(C)C. The Bertz CT molecular complexity index is 996. The van der Waals surface area contributed by atoms with Crippen LogP contribution >= 0.6 is 0 Å². The molecule has 240 valence electrons. The van der Waals surface area contributed by atoms with Crippen molar-refractivity contribution in [3.8, 4) is 0 Å². The number of aliphatic hydroxyl groups excluding tert-OH is 3. The van der Waals surface area contributed by atoms with Crippen molar-refractivity contribution in [2.45, 2.75) is 149 Å². The number of carbonyl (C=O) groups is 1. The molecule has 0 aromatic carbocycles. The highest BCUT2D eigenvalue weighted by molar-refractivity contribution is 5.73. The van der Waals surface area contributed by atoms with Gasteiger partial charge in [-0.05, 0) is 110 Å². The van der Waals surface area contributed by atoms with Crippen LogP contribution in [0, 0.1) is 52.3 Å². The number of rotatable bonds is 9. The average molecular weight is 591 g/mol. The number of carboxylic acids is 1. The lowest BCUT2D eigenvalue weighted by molar-refractivity contribution is -0.306. The fraction of sp³-hybridized carbons (Fsp3) is 0.914. The predicted molar refractivity (Wildman–Crippen MR) is 161 cm³/mol. The van der Waals surface area contributed by atoms with E-state index < -0.39 is 36.7 Å². The van der Waals surface area contributed by atoms with Crippen LogP contribution in [0.1, 0.15) is 112 Å². The van der Waals surface area contributed by atoms with E-state index >= 15 is 0 Å². The quantitative estimate of drug-likeness (QED) is 0.246. The van der Waals surface area contributed by atoms with Crippen LogP contribution in [0.15, 0.2) is 11.6 Å². The van der Waals surface area contributed by atoms with Crippen LogP contribution in [0.25, 0.3) is 0 Å². The average Bonchev–Trinajstić information content (AvgIpc) is 3.30. The van der Waals surface area contributed by atoms with Crippen LogP contribution in [0.4, 0.5) is 0 Å². The van der Waals surface area contributed by atoms with E-state index in [0.29, 0.717) is 11.3 Å². The largest absolute Gasteiger partial charge is 0.479 e. The Labute approximate surface area is 253 Å². The van der Waals surface area contributed by atoms with Crippen molar-refractivity contribution in [3.05, 3.63) is 11.6 Å². The molecule has 1 heterocycles. The third kappa shape index (κ3) is 5.63. The fourth-order valence-electron chi connectivity index (χ4n) is 10.8. The Morgan fingerprint density at radius 2 is 1.74 bits per heavy atom. The molecule has 4 fully saturated rings. The molecule has 1 aliphatic heterocycles. The summed E-state index contributed by atoms with van der Waals surface area (Å²) in [6, 6.07) is 0. The van der Waals surface area contributed by atoms with Crippen molar-refractivity contribution in [2.24, 2.45) is 52.3 Å². The second-order valence-electron chi connectivity index (χ2n) is 15.7. The highest BCUT2D eigenvalue weighted by Crippen LogP contribution is 2.67. The van der Waals surface area contributed by atoms with Gasteiger partial charge in [-0.2, -0.15) is 0 Å². The van der Waals surface area contributed by atoms with Crippen LogP contribution in [0.3, 0.4) is 0 Å². The molecule has 7 nitrogen and oxygen atoms in total. The highest BCUT2D eigenvalue weighted by Gasteiger charge is 2.59. The first-order valence-electron chi connectivity index (χ1n) is 17.1. The number of aliphatic carboxylic acids is 1. The highest BCUT2D eigenvalue weighted by atomic mass is 16.7. The summed E-state index contributed by atoms with van der Waals surface area (Å²) in [5, 5.41) is 40.1. The molecule has 14 atom stereocenters. The normalized spacial score (nSPS) is 46.8. The lowest BCUT2D eigenvalue weighted by atomic mass is 9.47. The Kier molecular flexibility index (Phi) is 9.58. The lowest BCUT2D eigenvalue weighted by Gasteiger charge is -2.58. The van der Waals surface area contributed by atoms with Gasteiger partial charge in [-0.3, -0.25) is 0 Å². The van der Waals surface area contributed by atoms with Gasteiger partial charge in [0, 0.05) is 0 Å². The summed E-state index contributed by atoms with van der Waals surface area (Å²) < 4.78 is 11.5. The molecule has 5 rings (SSSR count). The minimum Gasteiger partial charge on any atom is -0.479 e. The summed E-state index contributed by atoms with van der Waals surface area (Å²) in [5.74, 6) is 4.08. The molecule has 4 N–H and O–H groups in total. The van der Waals surface area contributed by atoms with E-state index in [1.54, 1.807) is 0 Å². The Morgan fingerprint density at radius 3 is 2.40 bits per heavy atom. The van der Waals surface area contributed by atoms with Gasteiger partial charge in [0.1, 0.15) is 18.3 Å². The van der Waals surface area contributed by atoms with Gasteiger partial charge in [-0.1, -0.05) is 66.0 Å². The smallest absolute Gasteiger partial charge is 0.335 e. The lowest BCUT2D eigenvalue weighted by Crippen LogP contribution is -2.61. The first-order valence-corrected chi connectivity index (χ1v) is 17.1. The Balaban J connectivity index is 1.24. The molecule has 0 spiro atoms. The first-order chi connectivity index (χ1) is 19.8. The topological polar surface area (TPSA) is 116 Å². The van der Waals surface area contributed by atoms with Crippen molar-refractivity contribution < 1.29 is 34.7 Å². The van der Waals surface area contributed by atoms with Crippen LogP contribution in [-0.2, 0) is 14.3 Å². The molecule has 1 saturated heterocycles. The van der Waals surface area contributed by atoms with Crippen molar-refractivity contribution in [1.82, 2.24) is 0 Å². The van der Waals surface area contributed by atoms with Gasteiger partial charge in [0.25, 0.3) is 0 Å². The number of hydrogen-bond acceptors (Lipinski definition) is 6. The molecule has 0 amide bonds. The van der Waals surface area contributed by atoms with E-state index in [1.165, 1.54) is 50.5 Å². The summed E-state index contributed by atoms with van der Waals surface area (Å²) in [6.07, 6.45) is 7.59. The number of fused-ring (bicyclic) bond motifs is 5. The van der Waals surface area contributed by atoms with Crippen molar-refractivity contribution in [2.75, 3.05) is 0 Å². The number of allylic oxidation sites excluding steroid dienone is 1. The molecule has 0 aromatic rings. The van der Waals surface area contributed by atoms with E-state index in [4.69, 9.17) is 9.47 Å². The number of hydrogen-bond donors (Lipinski definition) is 4. The summed E-state index contributed by atoms with van der Waals surface area (Å²) in [6.45, 7) is 14.8. The first kappa shape index (κ1) is 32.4. The van der Waals surface area contributed by atoms with Gasteiger partial charge in [0.05, 0.1) is 6.10 Å². The Hall–Kier alpha value is -0.990.